The van der Waals surface area contributed by atoms with Crippen molar-refractivity contribution in [3.05, 3.63) is 65.5 Å². The molecular formula is C20H21N5O2. The van der Waals surface area contributed by atoms with Crippen LogP contribution in [0.3, 0.4) is 0 Å². The van der Waals surface area contributed by atoms with Crippen LogP contribution in [0.25, 0.3) is 5.69 Å². The summed E-state index contributed by atoms with van der Waals surface area (Å²) in [6.07, 6.45) is 4.09. The minimum atomic E-state index is -0.155. The second-order valence-corrected chi connectivity index (χ2v) is 6.87. The molecule has 4 rings (SSSR count). The normalized spacial score (nSPS) is 13.5. The van der Waals surface area contributed by atoms with Crippen LogP contribution in [-0.4, -0.2) is 32.7 Å². The Bertz CT molecular complexity index is 935. The van der Waals surface area contributed by atoms with Gasteiger partial charge in [0.1, 0.15) is 6.33 Å². The molecule has 1 fully saturated rings. The minimum Gasteiger partial charge on any atom is -0.376 e. The first-order valence-corrected chi connectivity index (χ1v) is 9.01. The third-order valence-corrected chi connectivity index (χ3v) is 4.56. The molecule has 27 heavy (non-hydrogen) atoms. The number of aryl methyl sites for hydroxylation is 1. The van der Waals surface area contributed by atoms with Gasteiger partial charge in [0, 0.05) is 17.9 Å². The van der Waals surface area contributed by atoms with E-state index < -0.39 is 0 Å². The van der Waals surface area contributed by atoms with Crippen LogP contribution in [0.4, 0.5) is 5.69 Å². The summed E-state index contributed by atoms with van der Waals surface area (Å²) in [5, 5.41) is 14.1. The summed E-state index contributed by atoms with van der Waals surface area (Å²) in [5.41, 5.74) is 4.15. The van der Waals surface area contributed by atoms with E-state index in [-0.39, 0.29) is 5.91 Å². The Balaban J connectivity index is 1.41. The number of ether oxygens (including phenoxy) is 1. The lowest BCUT2D eigenvalue weighted by molar-refractivity contribution is 0.102. The number of tetrazole rings is 1. The summed E-state index contributed by atoms with van der Waals surface area (Å²) in [6, 6.07) is 13.2. The zero-order valence-electron chi connectivity index (χ0n) is 15.1. The summed E-state index contributed by atoms with van der Waals surface area (Å²) < 4.78 is 7.29. The van der Waals surface area contributed by atoms with E-state index in [1.165, 1.54) is 19.2 Å². The van der Waals surface area contributed by atoms with Crippen LogP contribution in [0.5, 0.6) is 0 Å². The average molecular weight is 363 g/mol. The Kier molecular flexibility index (Phi) is 4.93. The zero-order valence-corrected chi connectivity index (χ0v) is 15.1. The van der Waals surface area contributed by atoms with Gasteiger partial charge in [0.15, 0.2) is 0 Å². The van der Waals surface area contributed by atoms with Gasteiger partial charge in [0.05, 0.1) is 12.3 Å². The molecule has 0 unspecified atom stereocenters. The molecule has 0 radical (unpaired) electrons. The van der Waals surface area contributed by atoms with E-state index in [0.717, 1.165) is 35.0 Å². The molecule has 1 amide bonds. The predicted octanol–water partition coefficient (Wildman–Crippen LogP) is 3.15. The number of nitrogens with zero attached hydrogens (tertiary/aromatic N) is 4. The standard InChI is InChI=1S/C20H21N5O2/c1-14-9-17(7-8-19(14)25-13-21-23-24-25)20(26)22-18-4-2-3-16(10-18)12-27-11-15-5-6-15/h2-4,7-10,13,15H,5-6,11-12H2,1H3,(H,22,26). The molecule has 0 saturated heterocycles. The van der Waals surface area contributed by atoms with Crippen molar-refractivity contribution >= 4 is 11.6 Å². The van der Waals surface area contributed by atoms with Gasteiger partial charge in [-0.15, -0.1) is 5.10 Å². The number of hydrogen-bond donors (Lipinski definition) is 1. The van der Waals surface area contributed by atoms with Gasteiger partial charge in [-0.05, 0) is 77.6 Å². The molecule has 0 bridgehead atoms. The lowest BCUT2D eigenvalue weighted by Crippen LogP contribution is -2.13. The molecule has 2 aromatic carbocycles. The number of amides is 1. The van der Waals surface area contributed by atoms with Crippen molar-refractivity contribution in [2.24, 2.45) is 5.92 Å². The summed E-state index contributed by atoms with van der Waals surface area (Å²) in [4.78, 5) is 12.6. The predicted molar refractivity (Wildman–Crippen MR) is 101 cm³/mol. The highest BCUT2D eigenvalue weighted by molar-refractivity contribution is 6.04. The Morgan fingerprint density at radius 2 is 2.15 bits per heavy atom. The lowest BCUT2D eigenvalue weighted by atomic mass is 10.1. The molecule has 0 aliphatic heterocycles. The van der Waals surface area contributed by atoms with E-state index in [2.05, 4.69) is 20.8 Å². The zero-order chi connectivity index (χ0) is 18.6. The quantitative estimate of drug-likeness (QED) is 0.697. The average Bonchev–Trinajstić information content (AvgIpc) is 3.33. The first-order valence-electron chi connectivity index (χ1n) is 9.01. The molecule has 1 heterocycles. The van der Waals surface area contributed by atoms with Crippen LogP contribution in [0.1, 0.15) is 34.3 Å². The van der Waals surface area contributed by atoms with Gasteiger partial charge in [-0.1, -0.05) is 12.1 Å². The molecule has 1 aromatic heterocycles. The fourth-order valence-electron chi connectivity index (χ4n) is 2.90. The Morgan fingerprint density at radius 1 is 1.26 bits per heavy atom. The maximum Gasteiger partial charge on any atom is 0.255 e. The van der Waals surface area contributed by atoms with Gasteiger partial charge >= 0.3 is 0 Å². The van der Waals surface area contributed by atoms with E-state index in [0.29, 0.717) is 12.2 Å². The Hall–Kier alpha value is -3.06. The number of rotatable bonds is 7. The first kappa shape index (κ1) is 17.4. The van der Waals surface area contributed by atoms with E-state index in [4.69, 9.17) is 4.74 Å². The molecule has 1 aliphatic rings. The molecular weight excluding hydrogens is 342 g/mol. The number of aromatic nitrogens is 4. The van der Waals surface area contributed by atoms with Crippen molar-refractivity contribution in [1.82, 2.24) is 20.2 Å². The molecule has 138 valence electrons. The number of benzene rings is 2. The highest BCUT2D eigenvalue weighted by Gasteiger charge is 2.21. The number of carbonyl (C=O) groups excluding carboxylic acids is 1. The highest BCUT2D eigenvalue weighted by atomic mass is 16.5. The second kappa shape index (κ2) is 7.67. The minimum absolute atomic E-state index is 0.155. The van der Waals surface area contributed by atoms with Gasteiger partial charge < -0.3 is 10.1 Å². The van der Waals surface area contributed by atoms with Crippen LogP contribution in [-0.2, 0) is 11.3 Å². The molecule has 7 nitrogen and oxygen atoms in total. The van der Waals surface area contributed by atoms with Crippen LogP contribution in [0.15, 0.2) is 48.8 Å². The second-order valence-electron chi connectivity index (χ2n) is 6.87. The van der Waals surface area contributed by atoms with Crippen molar-refractivity contribution in [1.29, 1.82) is 0 Å². The van der Waals surface area contributed by atoms with E-state index >= 15 is 0 Å². The summed E-state index contributed by atoms with van der Waals surface area (Å²) in [5.74, 6) is 0.588. The number of carbonyl (C=O) groups is 1. The van der Waals surface area contributed by atoms with E-state index in [9.17, 15) is 4.79 Å². The van der Waals surface area contributed by atoms with Crippen LogP contribution < -0.4 is 5.32 Å². The topological polar surface area (TPSA) is 81.9 Å². The summed E-state index contributed by atoms with van der Waals surface area (Å²) in [7, 11) is 0. The van der Waals surface area contributed by atoms with Gasteiger partial charge in [0.2, 0.25) is 0 Å². The number of nitrogens with one attached hydrogen (secondary N) is 1. The SMILES string of the molecule is Cc1cc(C(=O)Nc2cccc(COCC3CC3)c2)ccc1-n1cnnn1. The van der Waals surface area contributed by atoms with Crippen LogP contribution in [0.2, 0.25) is 0 Å². The molecule has 1 aliphatic carbocycles. The number of anilines is 1. The maximum atomic E-state index is 12.6. The molecule has 3 aromatic rings. The third kappa shape index (κ3) is 4.38. The molecule has 1 N–H and O–H groups in total. The van der Waals surface area contributed by atoms with Crippen molar-refractivity contribution < 1.29 is 9.53 Å². The molecule has 0 spiro atoms. The summed E-state index contributed by atoms with van der Waals surface area (Å²) >= 11 is 0. The monoisotopic (exact) mass is 363 g/mol. The van der Waals surface area contributed by atoms with Crippen LogP contribution in [0, 0.1) is 12.8 Å². The van der Waals surface area contributed by atoms with Gasteiger partial charge in [-0.3, -0.25) is 4.79 Å². The first-order chi connectivity index (χ1) is 13.2. The fraction of sp³-hybridized carbons (Fsp3) is 0.300. The number of hydrogen-bond acceptors (Lipinski definition) is 5. The summed E-state index contributed by atoms with van der Waals surface area (Å²) in [6.45, 7) is 3.31. The largest absolute Gasteiger partial charge is 0.376 e. The Labute approximate surface area is 157 Å². The van der Waals surface area contributed by atoms with Crippen molar-refractivity contribution in [2.75, 3.05) is 11.9 Å². The molecule has 0 atom stereocenters. The smallest absolute Gasteiger partial charge is 0.255 e. The van der Waals surface area contributed by atoms with E-state index in [1.807, 2.05) is 43.3 Å². The fourth-order valence-corrected chi connectivity index (χ4v) is 2.90. The molecule has 7 heteroatoms. The van der Waals surface area contributed by atoms with E-state index in [1.54, 1.807) is 10.7 Å². The van der Waals surface area contributed by atoms with Gasteiger partial charge in [-0.25, -0.2) is 4.68 Å². The Morgan fingerprint density at radius 3 is 2.89 bits per heavy atom. The molecule has 1 saturated carbocycles. The van der Waals surface area contributed by atoms with Gasteiger partial charge in [0.25, 0.3) is 5.91 Å². The van der Waals surface area contributed by atoms with Crippen molar-refractivity contribution in [2.45, 2.75) is 26.4 Å². The maximum absolute atomic E-state index is 12.6. The van der Waals surface area contributed by atoms with Gasteiger partial charge in [-0.2, -0.15) is 0 Å². The highest BCUT2D eigenvalue weighted by Crippen LogP contribution is 2.29. The van der Waals surface area contributed by atoms with Crippen molar-refractivity contribution in [3.63, 3.8) is 0 Å². The third-order valence-electron chi connectivity index (χ3n) is 4.56. The lowest BCUT2D eigenvalue weighted by Gasteiger charge is -2.10. The van der Waals surface area contributed by atoms with Crippen LogP contribution >= 0.6 is 0 Å². The van der Waals surface area contributed by atoms with Crippen molar-refractivity contribution in [3.8, 4) is 5.69 Å².